The predicted octanol–water partition coefficient (Wildman–Crippen LogP) is 14.1. The Morgan fingerprint density at radius 3 is 1.37 bits per heavy atom. The first-order valence-electron chi connectivity index (χ1n) is 20.4. The van der Waals surface area contributed by atoms with E-state index in [1.807, 2.05) is 0 Å². The number of ether oxygens (including phenoxy) is 1. The minimum absolute atomic E-state index is 0.0781. The van der Waals surface area contributed by atoms with Gasteiger partial charge in [-0.15, -0.1) is 0 Å². The van der Waals surface area contributed by atoms with Crippen molar-refractivity contribution in [3.8, 4) is 0 Å². The highest BCUT2D eigenvalue weighted by molar-refractivity contribution is 6.76. The molecule has 2 aromatic carbocycles. The molecule has 2 aromatic heterocycles. The molecule has 408 valence electrons. The van der Waals surface area contributed by atoms with E-state index in [0.717, 1.165) is 13.3 Å². The number of alkyl halides is 21. The number of allylic oxidation sites excluding steroid dienone is 1. The number of nitrogens with zero attached hydrogens (tertiary/aromatic N) is 4. The molecule has 73 heavy (non-hydrogen) atoms. The Bertz CT molecular complexity index is 2330. The first kappa shape index (κ1) is 63.7. The second kappa shape index (κ2) is 24.3. The number of hydrogen-bond donors (Lipinski definition) is 1. The van der Waals surface area contributed by atoms with Crippen LogP contribution >= 0.6 is 0 Å². The maximum absolute atomic E-state index is 14.1. The van der Waals surface area contributed by atoms with Crippen LogP contribution in [0.2, 0.25) is 19.6 Å². The molecule has 0 radical (unpaired) electrons. The van der Waals surface area contributed by atoms with E-state index in [9.17, 15) is 92.2 Å². The van der Waals surface area contributed by atoms with Gasteiger partial charge in [-0.25, -0.2) is 14.8 Å². The third-order valence-corrected chi connectivity index (χ3v) is 11.1. The number of carboxylic acids is 1. The second-order valence-electron chi connectivity index (χ2n) is 17.0. The standard InChI is InChI=1S/C19H15F9N2.C13H23NOSi.C10H4F9N.C2HF3O2/c20-17(21,22)14-8-13(9-15(29-14)18(23,24)25)16(19(26,27)28)6-7-30(11-16)10-12-4-2-1-3-5-12;1-15-11-14(12-16(2,3)4)10-13-8-6-5-7-9-13;1-4(8(11,12)13)5-2-6(9(14,15)16)20-7(3-5)10(17,18)19;3-2(4,5)1(6)7/h1-5,8-9H,6-7,10-11H2;5-9H,10-12H2,1-4H3;2-3H,1H2;(H,6,7). The van der Waals surface area contributed by atoms with Crippen molar-refractivity contribution >= 4 is 19.6 Å². The number of pyridine rings is 2. The van der Waals surface area contributed by atoms with Gasteiger partial charge in [-0.3, -0.25) is 9.80 Å². The van der Waals surface area contributed by atoms with E-state index in [0.29, 0.717) is 5.56 Å². The molecule has 1 aliphatic rings. The predicted molar refractivity (Wildman–Crippen MR) is 223 cm³/mol. The van der Waals surface area contributed by atoms with Crippen LogP contribution in [-0.4, -0.2) is 90.5 Å². The van der Waals surface area contributed by atoms with Crippen LogP contribution in [0, 0.1) is 0 Å². The van der Waals surface area contributed by atoms with Crippen molar-refractivity contribution in [2.24, 2.45) is 0 Å². The fourth-order valence-electron chi connectivity index (χ4n) is 6.59. The summed E-state index contributed by atoms with van der Waals surface area (Å²) >= 11 is 0. The molecule has 3 heterocycles. The van der Waals surface area contributed by atoms with Crippen molar-refractivity contribution in [3.63, 3.8) is 0 Å². The van der Waals surface area contributed by atoms with Crippen LogP contribution in [0.25, 0.3) is 5.57 Å². The van der Waals surface area contributed by atoms with E-state index in [-0.39, 0.29) is 37.4 Å². The molecule has 29 heteroatoms. The van der Waals surface area contributed by atoms with Gasteiger partial charge in [0, 0.05) is 26.7 Å². The molecular weight excluding hydrogens is 1060 g/mol. The second-order valence-corrected chi connectivity index (χ2v) is 22.4. The number of aromatic nitrogens is 2. The molecule has 0 spiro atoms. The van der Waals surface area contributed by atoms with Gasteiger partial charge in [-0.2, -0.15) is 92.2 Å². The van der Waals surface area contributed by atoms with Crippen LogP contribution in [0.5, 0.6) is 0 Å². The van der Waals surface area contributed by atoms with Crippen molar-refractivity contribution in [2.45, 2.75) is 87.8 Å². The number of carboxylic acid groups (broad SMARTS) is 1. The Morgan fingerprint density at radius 1 is 0.658 bits per heavy atom. The van der Waals surface area contributed by atoms with Gasteiger partial charge in [0.15, 0.2) is 0 Å². The maximum atomic E-state index is 14.1. The van der Waals surface area contributed by atoms with Gasteiger partial charge < -0.3 is 9.84 Å². The topological polar surface area (TPSA) is 78.8 Å². The highest BCUT2D eigenvalue weighted by Gasteiger charge is 2.60. The number of rotatable bonds is 10. The molecule has 0 saturated carbocycles. The number of carbonyl (C=O) groups is 1. The largest absolute Gasteiger partial charge is 0.490 e. The molecule has 0 bridgehead atoms. The number of halogens is 21. The van der Waals surface area contributed by atoms with Crippen LogP contribution in [0.15, 0.2) is 91.5 Å². The molecule has 4 aromatic rings. The molecule has 1 fully saturated rings. The Morgan fingerprint density at radius 2 is 1.04 bits per heavy atom. The molecule has 1 N–H and O–H groups in total. The van der Waals surface area contributed by atoms with E-state index in [4.69, 9.17) is 14.6 Å². The zero-order chi connectivity index (χ0) is 56.4. The summed E-state index contributed by atoms with van der Waals surface area (Å²) in [4.78, 5) is 17.4. The molecule has 1 saturated heterocycles. The number of benzene rings is 2. The highest BCUT2D eigenvalue weighted by atomic mass is 28.3. The molecule has 0 aliphatic carbocycles. The zero-order valence-corrected chi connectivity index (χ0v) is 39.2. The Labute approximate surface area is 403 Å². The van der Waals surface area contributed by atoms with Gasteiger partial charge >= 0.3 is 49.2 Å². The normalized spacial score (nSPS) is 16.1. The lowest BCUT2D eigenvalue weighted by atomic mass is 9.78. The van der Waals surface area contributed by atoms with Crippen molar-refractivity contribution in [3.05, 3.63) is 137 Å². The van der Waals surface area contributed by atoms with Crippen LogP contribution in [0.1, 0.15) is 51.5 Å². The van der Waals surface area contributed by atoms with E-state index in [1.165, 1.54) is 16.6 Å². The van der Waals surface area contributed by atoms with Crippen LogP contribution < -0.4 is 0 Å². The Kier molecular flexibility index (Phi) is 21.2. The van der Waals surface area contributed by atoms with E-state index >= 15 is 0 Å². The Balaban J connectivity index is 0.000000368. The summed E-state index contributed by atoms with van der Waals surface area (Å²) < 4.78 is 269. The number of methoxy groups -OCH3 is 1. The van der Waals surface area contributed by atoms with Gasteiger partial charge in [0.2, 0.25) is 0 Å². The number of aliphatic carboxylic acids is 1. The summed E-state index contributed by atoms with van der Waals surface area (Å²) in [5.74, 6) is -2.76. The van der Waals surface area contributed by atoms with Crippen molar-refractivity contribution < 1.29 is 107 Å². The molecule has 7 nitrogen and oxygen atoms in total. The molecular formula is C44H43F21N4O3Si. The molecule has 1 aliphatic heterocycles. The first-order valence-corrected chi connectivity index (χ1v) is 24.1. The van der Waals surface area contributed by atoms with E-state index in [1.54, 1.807) is 37.4 Å². The van der Waals surface area contributed by atoms with Gasteiger partial charge in [0.05, 0.1) is 20.4 Å². The molecule has 1 atom stereocenters. The highest BCUT2D eigenvalue weighted by Crippen LogP contribution is 2.50. The molecule has 5 rings (SSSR count). The number of hydrogen-bond acceptors (Lipinski definition) is 6. The lowest BCUT2D eigenvalue weighted by Gasteiger charge is -2.33. The van der Waals surface area contributed by atoms with E-state index < -0.39 is 115 Å². The minimum Gasteiger partial charge on any atom is -0.475 e. The van der Waals surface area contributed by atoms with Gasteiger partial charge in [-0.1, -0.05) is 86.9 Å². The number of likely N-dealkylation sites (tertiary alicyclic amines) is 1. The van der Waals surface area contributed by atoms with Gasteiger partial charge in [0.1, 0.15) is 28.2 Å². The average molecular weight is 1100 g/mol. The summed E-state index contributed by atoms with van der Waals surface area (Å²) in [5, 5.41) is 7.12. The average Bonchev–Trinajstić information content (AvgIpc) is 3.67. The van der Waals surface area contributed by atoms with Crippen LogP contribution in [0.3, 0.4) is 0 Å². The molecule has 1 unspecified atom stereocenters. The third kappa shape index (κ3) is 20.4. The van der Waals surface area contributed by atoms with Crippen molar-refractivity contribution in [1.82, 2.24) is 19.8 Å². The lowest BCUT2D eigenvalue weighted by molar-refractivity contribution is -0.192. The quantitative estimate of drug-likeness (QED) is 0.0963. The maximum Gasteiger partial charge on any atom is 0.490 e. The fourth-order valence-corrected chi connectivity index (χ4v) is 8.14. The van der Waals surface area contributed by atoms with Crippen molar-refractivity contribution in [1.29, 1.82) is 0 Å². The monoisotopic (exact) mass is 1100 g/mol. The summed E-state index contributed by atoms with van der Waals surface area (Å²) in [5.41, 5.74) is -13.2. The first-order chi connectivity index (χ1) is 32.9. The van der Waals surface area contributed by atoms with Crippen LogP contribution in [0.4, 0.5) is 92.2 Å². The third-order valence-electron chi connectivity index (χ3n) is 9.70. The van der Waals surface area contributed by atoms with Crippen LogP contribution in [-0.2, 0) is 52.7 Å². The van der Waals surface area contributed by atoms with Gasteiger partial charge in [-0.05, 0) is 65.7 Å². The van der Waals surface area contributed by atoms with Crippen molar-refractivity contribution in [2.75, 3.05) is 33.1 Å². The summed E-state index contributed by atoms with van der Waals surface area (Å²) in [6.07, 6.45) is -36.1. The SMILES string of the molecule is C=C(c1cc(C(F)(F)F)nc(C(F)(F)F)c1)C(F)(F)F.COCN(Cc1ccccc1)C[Si](C)(C)C.FC(F)(F)c1cc(C2(C(F)(F)F)CCN(Cc3ccccc3)C2)cc(C(F)(F)F)n1.O=C(O)C(F)(F)F. The Hall–Kier alpha value is -5.42. The lowest BCUT2D eigenvalue weighted by Crippen LogP contribution is -2.45. The minimum atomic E-state index is -5.33. The van der Waals surface area contributed by atoms with Gasteiger partial charge in [0.25, 0.3) is 0 Å². The molecule has 0 amide bonds. The summed E-state index contributed by atoms with van der Waals surface area (Å²) in [6.45, 7) is 10.5. The van der Waals surface area contributed by atoms with E-state index in [2.05, 4.69) is 71.4 Å². The summed E-state index contributed by atoms with van der Waals surface area (Å²) in [6, 6.07) is 18.9. The fraction of sp³-hybridized carbons (Fsp3) is 0.432. The smallest absolute Gasteiger partial charge is 0.475 e. The zero-order valence-electron chi connectivity index (χ0n) is 38.2. The summed E-state index contributed by atoms with van der Waals surface area (Å²) in [7, 11) is 0.701.